The van der Waals surface area contributed by atoms with Crippen LogP contribution in [0, 0.1) is 5.92 Å². The molecule has 0 aliphatic heterocycles. The van der Waals surface area contributed by atoms with Crippen molar-refractivity contribution in [2.24, 2.45) is 5.92 Å². The van der Waals surface area contributed by atoms with Crippen LogP contribution in [-0.4, -0.2) is 15.8 Å². The van der Waals surface area contributed by atoms with Crippen LogP contribution in [0.5, 0.6) is 0 Å². The molecular weight excluding hydrogens is 222 g/mol. The van der Waals surface area contributed by atoms with Gasteiger partial charge in [0.2, 0.25) is 0 Å². The van der Waals surface area contributed by atoms with E-state index in [2.05, 4.69) is 48.1 Å². The van der Waals surface area contributed by atoms with Crippen LogP contribution < -0.4 is 5.32 Å². The average molecular weight is 243 g/mol. The van der Waals surface area contributed by atoms with Crippen LogP contribution in [0.2, 0.25) is 0 Å². The van der Waals surface area contributed by atoms with Crippen molar-refractivity contribution in [2.45, 2.75) is 45.8 Å². The van der Waals surface area contributed by atoms with E-state index in [1.54, 1.807) is 0 Å². The molecule has 1 aromatic heterocycles. The highest BCUT2D eigenvalue weighted by Gasteiger charge is 2.27. The Morgan fingerprint density at radius 1 is 1.39 bits per heavy atom. The van der Waals surface area contributed by atoms with Crippen LogP contribution in [0.15, 0.2) is 24.3 Å². The van der Waals surface area contributed by atoms with Gasteiger partial charge in [-0.1, -0.05) is 18.2 Å². The highest BCUT2D eigenvalue weighted by Crippen LogP contribution is 2.32. The van der Waals surface area contributed by atoms with Gasteiger partial charge in [0.15, 0.2) is 0 Å². The van der Waals surface area contributed by atoms with E-state index in [0.29, 0.717) is 6.04 Å². The van der Waals surface area contributed by atoms with Gasteiger partial charge in [-0.3, -0.25) is 4.68 Å². The van der Waals surface area contributed by atoms with Crippen molar-refractivity contribution in [2.75, 3.05) is 0 Å². The highest BCUT2D eigenvalue weighted by atomic mass is 15.3. The third-order valence-electron chi connectivity index (χ3n) is 3.95. The Bertz CT molecular complexity index is 540. The number of nitrogens with one attached hydrogen (secondary N) is 1. The predicted molar refractivity (Wildman–Crippen MR) is 74.4 cm³/mol. The first-order chi connectivity index (χ1) is 8.79. The maximum Gasteiger partial charge on any atom is 0.0841 e. The molecule has 1 aliphatic rings. The molecule has 96 valence electrons. The van der Waals surface area contributed by atoms with E-state index >= 15 is 0 Å². The van der Waals surface area contributed by atoms with Gasteiger partial charge in [0.25, 0.3) is 0 Å². The minimum absolute atomic E-state index is 0.621. The van der Waals surface area contributed by atoms with Gasteiger partial charge in [0, 0.05) is 24.5 Å². The lowest BCUT2D eigenvalue weighted by molar-refractivity contribution is 0.489. The Balaban J connectivity index is 1.82. The molecule has 1 fully saturated rings. The van der Waals surface area contributed by atoms with Gasteiger partial charge in [-0.25, -0.2) is 0 Å². The average Bonchev–Trinajstić information content (AvgIpc) is 3.19. The molecule has 0 radical (unpaired) electrons. The van der Waals surface area contributed by atoms with Crippen molar-refractivity contribution in [1.82, 2.24) is 15.1 Å². The Labute approximate surface area is 108 Å². The Hall–Kier alpha value is -1.35. The van der Waals surface area contributed by atoms with E-state index in [-0.39, 0.29) is 0 Å². The van der Waals surface area contributed by atoms with Crippen LogP contribution in [0.4, 0.5) is 0 Å². The Kier molecular flexibility index (Phi) is 3.08. The molecule has 0 saturated heterocycles. The zero-order valence-electron chi connectivity index (χ0n) is 11.2. The first-order valence-corrected chi connectivity index (χ1v) is 6.97. The van der Waals surface area contributed by atoms with Crippen molar-refractivity contribution in [3.8, 4) is 0 Å². The number of fused-ring (bicyclic) bond motifs is 1. The van der Waals surface area contributed by atoms with E-state index < -0.39 is 0 Å². The molecular formula is C15H21N3. The quantitative estimate of drug-likeness (QED) is 0.875. The molecule has 0 amide bonds. The molecule has 1 aromatic carbocycles. The Morgan fingerprint density at radius 3 is 2.89 bits per heavy atom. The van der Waals surface area contributed by atoms with Crippen LogP contribution in [0.1, 0.15) is 32.4 Å². The van der Waals surface area contributed by atoms with Crippen molar-refractivity contribution in [3.05, 3.63) is 30.0 Å². The fraction of sp³-hybridized carbons (Fsp3) is 0.533. The molecule has 3 rings (SSSR count). The molecule has 1 saturated carbocycles. The normalized spacial score (nSPS) is 17.2. The standard InChI is InChI=1S/C15H21N3/c1-3-18-15-7-5-4-6-13(15)14(17-18)10-16-11(2)12-8-9-12/h4-7,11-12,16H,3,8-10H2,1-2H3. The number of nitrogens with zero attached hydrogens (tertiary/aromatic N) is 2. The summed E-state index contributed by atoms with van der Waals surface area (Å²) in [6.45, 7) is 6.24. The topological polar surface area (TPSA) is 29.9 Å². The highest BCUT2D eigenvalue weighted by molar-refractivity contribution is 5.81. The van der Waals surface area contributed by atoms with E-state index in [1.807, 2.05) is 0 Å². The third kappa shape index (κ3) is 2.15. The molecule has 3 heteroatoms. The number of benzene rings is 1. The van der Waals surface area contributed by atoms with Crippen molar-refractivity contribution in [1.29, 1.82) is 0 Å². The second-order valence-corrected chi connectivity index (χ2v) is 5.29. The van der Waals surface area contributed by atoms with E-state index in [9.17, 15) is 0 Å². The molecule has 1 aliphatic carbocycles. The minimum atomic E-state index is 0.621. The second kappa shape index (κ2) is 4.73. The maximum atomic E-state index is 4.71. The molecule has 3 nitrogen and oxygen atoms in total. The molecule has 1 atom stereocenters. The molecule has 1 unspecified atom stereocenters. The fourth-order valence-electron chi connectivity index (χ4n) is 2.59. The summed E-state index contributed by atoms with van der Waals surface area (Å²) in [5.41, 5.74) is 2.43. The summed E-state index contributed by atoms with van der Waals surface area (Å²) in [5.74, 6) is 0.893. The van der Waals surface area contributed by atoms with Gasteiger partial charge in [0.1, 0.15) is 0 Å². The number of hydrogen-bond donors (Lipinski definition) is 1. The van der Waals surface area contributed by atoms with Gasteiger partial charge < -0.3 is 5.32 Å². The van der Waals surface area contributed by atoms with E-state index in [4.69, 9.17) is 5.10 Å². The van der Waals surface area contributed by atoms with Gasteiger partial charge in [-0.05, 0) is 38.7 Å². The lowest BCUT2D eigenvalue weighted by Crippen LogP contribution is -2.27. The molecule has 1 N–H and O–H groups in total. The van der Waals surface area contributed by atoms with Gasteiger partial charge in [0.05, 0.1) is 11.2 Å². The largest absolute Gasteiger partial charge is 0.308 e. The number of para-hydroxylation sites is 1. The maximum absolute atomic E-state index is 4.71. The zero-order chi connectivity index (χ0) is 12.5. The summed E-state index contributed by atoms with van der Waals surface area (Å²) in [5, 5.41) is 9.62. The van der Waals surface area contributed by atoms with Crippen molar-refractivity contribution < 1.29 is 0 Å². The van der Waals surface area contributed by atoms with Crippen molar-refractivity contribution in [3.63, 3.8) is 0 Å². The van der Waals surface area contributed by atoms with Crippen LogP contribution in [0.3, 0.4) is 0 Å². The van der Waals surface area contributed by atoms with Gasteiger partial charge >= 0.3 is 0 Å². The minimum Gasteiger partial charge on any atom is -0.308 e. The Morgan fingerprint density at radius 2 is 2.17 bits per heavy atom. The van der Waals surface area contributed by atoms with Gasteiger partial charge in [-0.15, -0.1) is 0 Å². The summed E-state index contributed by atoms with van der Waals surface area (Å²) < 4.78 is 2.09. The summed E-state index contributed by atoms with van der Waals surface area (Å²) in [4.78, 5) is 0. The third-order valence-corrected chi connectivity index (χ3v) is 3.95. The summed E-state index contributed by atoms with van der Waals surface area (Å²) in [6, 6.07) is 9.13. The lowest BCUT2D eigenvalue weighted by Gasteiger charge is -2.11. The monoisotopic (exact) mass is 243 g/mol. The number of aryl methyl sites for hydroxylation is 1. The first-order valence-electron chi connectivity index (χ1n) is 6.97. The SMILES string of the molecule is CCn1nc(CNC(C)C2CC2)c2ccccc21. The van der Waals surface area contributed by atoms with Crippen LogP contribution in [-0.2, 0) is 13.1 Å². The summed E-state index contributed by atoms with van der Waals surface area (Å²) in [6.07, 6.45) is 2.77. The first kappa shape index (κ1) is 11.7. The molecule has 0 spiro atoms. The van der Waals surface area contributed by atoms with E-state index in [0.717, 1.165) is 19.0 Å². The smallest absolute Gasteiger partial charge is 0.0841 e. The van der Waals surface area contributed by atoms with E-state index in [1.165, 1.54) is 29.4 Å². The zero-order valence-corrected chi connectivity index (χ0v) is 11.2. The molecule has 18 heavy (non-hydrogen) atoms. The summed E-state index contributed by atoms with van der Waals surface area (Å²) in [7, 11) is 0. The fourth-order valence-corrected chi connectivity index (χ4v) is 2.59. The van der Waals surface area contributed by atoms with Crippen molar-refractivity contribution >= 4 is 10.9 Å². The molecule has 1 heterocycles. The molecule has 0 bridgehead atoms. The van der Waals surface area contributed by atoms with Crippen LogP contribution >= 0.6 is 0 Å². The molecule has 2 aromatic rings. The summed E-state index contributed by atoms with van der Waals surface area (Å²) >= 11 is 0. The number of rotatable bonds is 5. The van der Waals surface area contributed by atoms with Gasteiger partial charge in [-0.2, -0.15) is 5.10 Å². The lowest BCUT2D eigenvalue weighted by atomic mass is 10.2. The predicted octanol–water partition coefficient (Wildman–Crippen LogP) is 2.94. The number of hydrogen-bond acceptors (Lipinski definition) is 2. The van der Waals surface area contributed by atoms with Crippen LogP contribution in [0.25, 0.3) is 10.9 Å². The number of aromatic nitrogens is 2. The second-order valence-electron chi connectivity index (χ2n) is 5.29.